The minimum Gasteiger partial charge on any atom is -0.453 e. The Hall–Kier alpha value is -1.26. The van der Waals surface area contributed by atoms with E-state index in [1.165, 1.54) is 7.11 Å². The number of hydrogen-bond donors (Lipinski definition) is 2. The molecule has 0 aliphatic carbocycles. The molecule has 0 saturated carbocycles. The zero-order valence-electron chi connectivity index (χ0n) is 9.78. The van der Waals surface area contributed by atoms with E-state index in [1.807, 2.05) is 12.1 Å². The first-order valence-electron chi connectivity index (χ1n) is 5.47. The summed E-state index contributed by atoms with van der Waals surface area (Å²) in [5.41, 5.74) is 6.47. The van der Waals surface area contributed by atoms with Crippen LogP contribution in [-0.2, 0) is 4.74 Å². The van der Waals surface area contributed by atoms with Crippen molar-refractivity contribution in [2.45, 2.75) is 18.9 Å². The van der Waals surface area contributed by atoms with E-state index in [-0.39, 0.29) is 6.04 Å². The van der Waals surface area contributed by atoms with Gasteiger partial charge >= 0.3 is 6.09 Å². The highest BCUT2D eigenvalue weighted by Gasteiger charge is 2.14. The number of alkyl carbamates (subject to hydrolysis) is 1. The van der Waals surface area contributed by atoms with Crippen molar-refractivity contribution in [3.8, 4) is 0 Å². The van der Waals surface area contributed by atoms with E-state index >= 15 is 0 Å². The molecule has 1 rings (SSSR count). The number of ether oxygens (including phenoxy) is 1. The van der Waals surface area contributed by atoms with Gasteiger partial charge in [0.15, 0.2) is 0 Å². The summed E-state index contributed by atoms with van der Waals surface area (Å²) in [6, 6.07) is 7.28. The molecule has 0 unspecified atom stereocenters. The minimum absolute atomic E-state index is 0.0942. The number of hydrogen-bond acceptors (Lipinski definition) is 3. The summed E-state index contributed by atoms with van der Waals surface area (Å²) in [7, 11) is 1.34. The molecule has 0 aromatic heterocycles. The van der Waals surface area contributed by atoms with E-state index in [0.29, 0.717) is 11.6 Å². The standard InChI is InChI=1S/C12H17ClN2O2/c1-17-12(16)15-11(3-2-8-14)9-4-6-10(13)7-5-9/h4-7,11H,2-3,8,14H2,1H3,(H,15,16)/t11-/m1/s1. The molecule has 17 heavy (non-hydrogen) atoms. The fraction of sp³-hybridized carbons (Fsp3) is 0.417. The maximum atomic E-state index is 11.2. The first-order chi connectivity index (χ1) is 8.17. The predicted molar refractivity (Wildman–Crippen MR) is 68.0 cm³/mol. The summed E-state index contributed by atoms with van der Waals surface area (Å²) < 4.78 is 4.60. The van der Waals surface area contributed by atoms with Gasteiger partial charge in [-0.15, -0.1) is 0 Å². The Kier molecular flexibility index (Phi) is 5.80. The monoisotopic (exact) mass is 256 g/mol. The van der Waals surface area contributed by atoms with Crippen molar-refractivity contribution in [2.75, 3.05) is 13.7 Å². The van der Waals surface area contributed by atoms with Gasteiger partial charge in [0.2, 0.25) is 0 Å². The summed E-state index contributed by atoms with van der Waals surface area (Å²) in [4.78, 5) is 11.2. The summed E-state index contributed by atoms with van der Waals surface area (Å²) in [5, 5.41) is 3.45. The van der Waals surface area contributed by atoms with E-state index in [4.69, 9.17) is 17.3 Å². The number of halogens is 1. The van der Waals surface area contributed by atoms with Crippen molar-refractivity contribution in [3.63, 3.8) is 0 Å². The van der Waals surface area contributed by atoms with Gasteiger partial charge in [-0.2, -0.15) is 0 Å². The van der Waals surface area contributed by atoms with Gasteiger partial charge in [0.05, 0.1) is 13.2 Å². The third kappa shape index (κ3) is 4.63. The lowest BCUT2D eigenvalue weighted by molar-refractivity contribution is 0.166. The van der Waals surface area contributed by atoms with Gasteiger partial charge in [-0.25, -0.2) is 4.79 Å². The number of benzene rings is 1. The molecule has 0 aliphatic rings. The van der Waals surface area contributed by atoms with Crippen LogP contribution in [0.25, 0.3) is 0 Å². The summed E-state index contributed by atoms with van der Waals surface area (Å²) >= 11 is 5.82. The molecule has 0 bridgehead atoms. The van der Waals surface area contributed by atoms with E-state index in [1.54, 1.807) is 12.1 Å². The van der Waals surface area contributed by atoms with Crippen molar-refractivity contribution >= 4 is 17.7 Å². The van der Waals surface area contributed by atoms with Gasteiger partial charge in [-0.05, 0) is 37.1 Å². The van der Waals surface area contributed by atoms with Gasteiger partial charge in [0, 0.05) is 5.02 Å². The Balaban J connectivity index is 2.74. The Bertz CT molecular complexity index is 354. The Morgan fingerprint density at radius 1 is 1.47 bits per heavy atom. The fourth-order valence-electron chi connectivity index (χ4n) is 1.54. The largest absolute Gasteiger partial charge is 0.453 e. The highest BCUT2D eigenvalue weighted by atomic mass is 35.5. The van der Waals surface area contributed by atoms with Gasteiger partial charge in [0.25, 0.3) is 0 Å². The van der Waals surface area contributed by atoms with E-state index in [9.17, 15) is 4.79 Å². The first kappa shape index (κ1) is 13.8. The van der Waals surface area contributed by atoms with Crippen molar-refractivity contribution in [2.24, 2.45) is 5.73 Å². The van der Waals surface area contributed by atoms with Gasteiger partial charge in [-0.3, -0.25) is 0 Å². The van der Waals surface area contributed by atoms with E-state index < -0.39 is 6.09 Å². The molecule has 0 saturated heterocycles. The first-order valence-corrected chi connectivity index (χ1v) is 5.85. The van der Waals surface area contributed by atoms with Crippen LogP contribution in [0, 0.1) is 0 Å². The second kappa shape index (κ2) is 7.14. The molecule has 1 aromatic carbocycles. The number of methoxy groups -OCH3 is 1. The molecule has 0 aliphatic heterocycles. The third-order valence-electron chi connectivity index (χ3n) is 2.45. The van der Waals surface area contributed by atoms with Gasteiger partial charge in [-0.1, -0.05) is 23.7 Å². The topological polar surface area (TPSA) is 64.3 Å². The maximum absolute atomic E-state index is 11.2. The molecule has 1 atom stereocenters. The molecule has 4 nitrogen and oxygen atoms in total. The van der Waals surface area contributed by atoms with E-state index in [2.05, 4.69) is 10.1 Å². The second-order valence-corrected chi connectivity index (χ2v) is 4.11. The van der Waals surface area contributed by atoms with E-state index in [0.717, 1.165) is 18.4 Å². The predicted octanol–water partition coefficient (Wildman–Crippen LogP) is 2.48. The molecular weight excluding hydrogens is 240 g/mol. The third-order valence-corrected chi connectivity index (χ3v) is 2.70. The Labute approximate surface area is 106 Å². The minimum atomic E-state index is -0.443. The zero-order valence-corrected chi connectivity index (χ0v) is 10.5. The SMILES string of the molecule is COC(=O)N[C@H](CCCN)c1ccc(Cl)cc1. The fourth-order valence-corrected chi connectivity index (χ4v) is 1.67. The summed E-state index contributed by atoms with van der Waals surface area (Å²) in [6.07, 6.45) is 1.16. The molecule has 1 amide bonds. The Morgan fingerprint density at radius 2 is 2.12 bits per heavy atom. The average molecular weight is 257 g/mol. The summed E-state index contributed by atoms with van der Waals surface area (Å²) in [5.74, 6) is 0. The quantitative estimate of drug-likeness (QED) is 0.851. The van der Waals surface area contributed by atoms with Crippen LogP contribution in [0.3, 0.4) is 0 Å². The number of nitrogens with one attached hydrogen (secondary N) is 1. The maximum Gasteiger partial charge on any atom is 0.407 e. The molecule has 5 heteroatoms. The lowest BCUT2D eigenvalue weighted by atomic mass is 10.0. The van der Waals surface area contributed by atoms with Crippen LogP contribution in [-0.4, -0.2) is 19.7 Å². The normalized spacial score (nSPS) is 11.9. The van der Waals surface area contributed by atoms with Crippen LogP contribution in [0.2, 0.25) is 5.02 Å². The lowest BCUT2D eigenvalue weighted by Gasteiger charge is -2.18. The van der Waals surface area contributed by atoms with Crippen LogP contribution in [0.5, 0.6) is 0 Å². The number of rotatable bonds is 5. The molecule has 3 N–H and O–H groups in total. The highest BCUT2D eigenvalue weighted by Crippen LogP contribution is 2.20. The average Bonchev–Trinajstić information content (AvgIpc) is 2.35. The lowest BCUT2D eigenvalue weighted by Crippen LogP contribution is -2.28. The van der Waals surface area contributed by atoms with Gasteiger partial charge in [0.1, 0.15) is 0 Å². The molecule has 94 valence electrons. The zero-order chi connectivity index (χ0) is 12.7. The second-order valence-electron chi connectivity index (χ2n) is 3.67. The van der Waals surface area contributed by atoms with Crippen LogP contribution >= 0.6 is 11.6 Å². The highest BCUT2D eigenvalue weighted by molar-refractivity contribution is 6.30. The summed E-state index contributed by atoms with van der Waals surface area (Å²) in [6.45, 7) is 0.590. The number of amides is 1. The molecule has 0 radical (unpaired) electrons. The van der Waals surface area contributed by atoms with Crippen molar-refractivity contribution in [1.82, 2.24) is 5.32 Å². The smallest absolute Gasteiger partial charge is 0.407 e. The van der Waals surface area contributed by atoms with Crippen LogP contribution in [0.15, 0.2) is 24.3 Å². The molecule has 0 spiro atoms. The van der Waals surface area contributed by atoms with Crippen molar-refractivity contribution < 1.29 is 9.53 Å². The Morgan fingerprint density at radius 3 is 2.65 bits per heavy atom. The number of carbonyl (C=O) groups excluding carboxylic acids is 1. The molecule has 1 aromatic rings. The van der Waals surface area contributed by atoms with Crippen LogP contribution < -0.4 is 11.1 Å². The van der Waals surface area contributed by atoms with Crippen molar-refractivity contribution in [1.29, 1.82) is 0 Å². The van der Waals surface area contributed by atoms with Gasteiger partial charge < -0.3 is 15.8 Å². The van der Waals surface area contributed by atoms with Crippen molar-refractivity contribution in [3.05, 3.63) is 34.9 Å². The number of carbonyl (C=O) groups is 1. The molecular formula is C12H17ClN2O2. The van der Waals surface area contributed by atoms with Crippen LogP contribution in [0.1, 0.15) is 24.4 Å². The van der Waals surface area contributed by atoms with Crippen LogP contribution in [0.4, 0.5) is 4.79 Å². The molecule has 0 fully saturated rings. The number of nitrogens with two attached hydrogens (primary N) is 1. The molecule has 0 heterocycles.